The Morgan fingerprint density at radius 1 is 1.00 bits per heavy atom. The van der Waals surface area contributed by atoms with Crippen molar-refractivity contribution in [3.05, 3.63) is 53.6 Å². The van der Waals surface area contributed by atoms with E-state index in [4.69, 9.17) is 4.98 Å². The topological polar surface area (TPSA) is 38.7 Å². The Balaban J connectivity index is 2.28. The molecule has 0 N–H and O–H groups in total. The quantitative estimate of drug-likeness (QED) is 0.695. The zero-order chi connectivity index (χ0) is 15.0. The predicted octanol–water partition coefficient (Wildman–Crippen LogP) is 4.43. The summed E-state index contributed by atoms with van der Waals surface area (Å²) in [5, 5.41) is 1.14. The van der Waals surface area contributed by atoms with Gasteiger partial charge in [0.15, 0.2) is 0 Å². The van der Waals surface area contributed by atoms with E-state index < -0.39 is 0 Å². The highest BCUT2D eigenvalue weighted by Crippen LogP contribution is 2.29. The second-order valence-corrected chi connectivity index (χ2v) is 5.74. The van der Waals surface area contributed by atoms with E-state index >= 15 is 0 Å². The molecule has 0 unspecified atom stereocenters. The Morgan fingerprint density at radius 3 is 2.57 bits per heavy atom. The molecule has 3 aromatic rings. The number of pyridine rings is 1. The van der Waals surface area contributed by atoms with Crippen LogP contribution in [-0.2, 0) is 0 Å². The van der Waals surface area contributed by atoms with Gasteiger partial charge >= 0.3 is 0 Å². The summed E-state index contributed by atoms with van der Waals surface area (Å²) >= 11 is 0. The zero-order valence-corrected chi connectivity index (χ0v) is 12.9. The molecule has 0 spiro atoms. The molecule has 0 amide bonds. The number of hydrogen-bond donors (Lipinski definition) is 0. The van der Waals surface area contributed by atoms with Gasteiger partial charge in [-0.2, -0.15) is 0 Å². The van der Waals surface area contributed by atoms with Crippen LogP contribution in [0.15, 0.2) is 36.5 Å². The largest absolute Gasteiger partial charge is 0.256 e. The molecule has 2 heterocycles. The average Bonchev–Trinajstić information content (AvgIpc) is 2.47. The normalized spacial score (nSPS) is 11.3. The third kappa shape index (κ3) is 2.51. The Morgan fingerprint density at radius 2 is 1.81 bits per heavy atom. The summed E-state index contributed by atoms with van der Waals surface area (Å²) < 4.78 is 0. The summed E-state index contributed by atoms with van der Waals surface area (Å²) in [5.74, 6) is 1.21. The molecule has 21 heavy (non-hydrogen) atoms. The number of benzene rings is 1. The van der Waals surface area contributed by atoms with Gasteiger partial charge in [-0.15, -0.1) is 0 Å². The summed E-state index contributed by atoms with van der Waals surface area (Å²) in [6.45, 7) is 8.34. The van der Waals surface area contributed by atoms with Crippen molar-refractivity contribution >= 4 is 10.9 Å². The lowest BCUT2D eigenvalue weighted by Gasteiger charge is -2.11. The molecule has 0 bridgehead atoms. The van der Waals surface area contributed by atoms with Gasteiger partial charge in [-0.05, 0) is 31.5 Å². The van der Waals surface area contributed by atoms with Crippen molar-refractivity contribution in [2.75, 3.05) is 0 Å². The van der Waals surface area contributed by atoms with E-state index in [0.29, 0.717) is 5.92 Å². The molecule has 3 nitrogen and oxygen atoms in total. The monoisotopic (exact) mass is 277 g/mol. The van der Waals surface area contributed by atoms with Crippen LogP contribution in [0, 0.1) is 13.8 Å². The van der Waals surface area contributed by atoms with Gasteiger partial charge in [-0.3, -0.25) is 4.98 Å². The summed E-state index contributed by atoms with van der Waals surface area (Å²) in [6, 6.07) is 10.4. The van der Waals surface area contributed by atoms with E-state index in [1.54, 1.807) is 0 Å². The first kappa shape index (κ1) is 13.7. The molecule has 0 saturated carbocycles. The zero-order valence-electron chi connectivity index (χ0n) is 12.9. The highest BCUT2D eigenvalue weighted by Gasteiger charge is 2.11. The molecule has 0 fully saturated rings. The third-order valence-corrected chi connectivity index (χ3v) is 3.64. The minimum absolute atomic E-state index is 0.318. The second kappa shape index (κ2) is 5.24. The molecular formula is C18H19N3. The Kier molecular flexibility index (Phi) is 3.42. The molecule has 0 radical (unpaired) electrons. The molecule has 3 heteroatoms. The molecule has 0 aliphatic carbocycles. The van der Waals surface area contributed by atoms with E-state index in [1.165, 1.54) is 5.56 Å². The maximum atomic E-state index is 4.74. The lowest BCUT2D eigenvalue weighted by atomic mass is 10.0. The van der Waals surface area contributed by atoms with Crippen LogP contribution in [-0.4, -0.2) is 15.0 Å². The lowest BCUT2D eigenvalue weighted by molar-refractivity contribution is 0.768. The highest BCUT2D eigenvalue weighted by atomic mass is 14.9. The van der Waals surface area contributed by atoms with Gasteiger partial charge < -0.3 is 0 Å². The summed E-state index contributed by atoms with van der Waals surface area (Å²) in [4.78, 5) is 13.8. The van der Waals surface area contributed by atoms with Crippen LogP contribution in [0.25, 0.3) is 22.2 Å². The van der Waals surface area contributed by atoms with Crippen LogP contribution in [0.5, 0.6) is 0 Å². The SMILES string of the molecule is Cc1cc(-c2ccc(C)c3ncccc23)nc(C(C)C)n1. The van der Waals surface area contributed by atoms with Crippen LogP contribution < -0.4 is 0 Å². The number of rotatable bonds is 2. The van der Waals surface area contributed by atoms with Gasteiger partial charge in [0.1, 0.15) is 5.82 Å². The van der Waals surface area contributed by atoms with Gasteiger partial charge in [-0.1, -0.05) is 32.0 Å². The number of aromatic nitrogens is 3. The molecule has 2 aromatic heterocycles. The first-order chi connectivity index (χ1) is 10.1. The fraction of sp³-hybridized carbons (Fsp3) is 0.278. The standard InChI is InChI=1S/C18H19N3/c1-11(2)18-20-13(4)10-16(21-18)14-8-7-12(3)17-15(14)6-5-9-19-17/h5-11H,1-4H3. The van der Waals surface area contributed by atoms with Crippen LogP contribution in [0.2, 0.25) is 0 Å². The summed E-state index contributed by atoms with van der Waals surface area (Å²) in [5.41, 5.74) is 5.32. The lowest BCUT2D eigenvalue weighted by Crippen LogP contribution is -2.01. The molecule has 0 atom stereocenters. The maximum absolute atomic E-state index is 4.74. The Hall–Kier alpha value is -2.29. The third-order valence-electron chi connectivity index (χ3n) is 3.64. The van der Waals surface area contributed by atoms with Crippen molar-refractivity contribution < 1.29 is 0 Å². The van der Waals surface area contributed by atoms with E-state index in [9.17, 15) is 0 Å². The van der Waals surface area contributed by atoms with E-state index in [-0.39, 0.29) is 0 Å². The van der Waals surface area contributed by atoms with Crippen molar-refractivity contribution in [1.82, 2.24) is 15.0 Å². The average molecular weight is 277 g/mol. The molecular weight excluding hydrogens is 258 g/mol. The predicted molar refractivity (Wildman–Crippen MR) is 86.3 cm³/mol. The van der Waals surface area contributed by atoms with Crippen LogP contribution in [0.4, 0.5) is 0 Å². The van der Waals surface area contributed by atoms with Crippen molar-refractivity contribution in [3.63, 3.8) is 0 Å². The van der Waals surface area contributed by atoms with Crippen LogP contribution in [0.1, 0.15) is 36.8 Å². The number of aryl methyl sites for hydroxylation is 2. The van der Waals surface area contributed by atoms with Gasteiger partial charge in [0.25, 0.3) is 0 Å². The fourth-order valence-corrected chi connectivity index (χ4v) is 2.52. The Labute approximate surface area is 125 Å². The smallest absolute Gasteiger partial charge is 0.131 e. The molecule has 0 aliphatic heterocycles. The van der Waals surface area contributed by atoms with Crippen molar-refractivity contribution in [3.8, 4) is 11.3 Å². The van der Waals surface area contributed by atoms with E-state index in [1.807, 2.05) is 25.3 Å². The summed E-state index contributed by atoms with van der Waals surface area (Å²) in [7, 11) is 0. The van der Waals surface area contributed by atoms with Crippen molar-refractivity contribution in [1.29, 1.82) is 0 Å². The first-order valence-electron chi connectivity index (χ1n) is 7.26. The number of hydrogen-bond acceptors (Lipinski definition) is 3. The van der Waals surface area contributed by atoms with Crippen LogP contribution in [0.3, 0.4) is 0 Å². The van der Waals surface area contributed by atoms with Crippen molar-refractivity contribution in [2.45, 2.75) is 33.6 Å². The Bertz CT molecular complexity index is 807. The second-order valence-electron chi connectivity index (χ2n) is 5.74. The number of nitrogens with zero attached hydrogens (tertiary/aromatic N) is 3. The minimum Gasteiger partial charge on any atom is -0.256 e. The van der Waals surface area contributed by atoms with Crippen molar-refractivity contribution in [2.24, 2.45) is 0 Å². The van der Waals surface area contributed by atoms with Gasteiger partial charge in [0.05, 0.1) is 11.2 Å². The molecule has 0 saturated heterocycles. The first-order valence-corrected chi connectivity index (χ1v) is 7.26. The molecule has 3 rings (SSSR count). The van der Waals surface area contributed by atoms with Crippen LogP contribution >= 0.6 is 0 Å². The van der Waals surface area contributed by atoms with Gasteiger partial charge in [0, 0.05) is 28.8 Å². The molecule has 1 aromatic carbocycles. The minimum atomic E-state index is 0.318. The van der Waals surface area contributed by atoms with E-state index in [0.717, 1.165) is 33.7 Å². The summed E-state index contributed by atoms with van der Waals surface area (Å²) in [6.07, 6.45) is 1.84. The fourth-order valence-electron chi connectivity index (χ4n) is 2.52. The van der Waals surface area contributed by atoms with E-state index in [2.05, 4.69) is 48.9 Å². The number of fused-ring (bicyclic) bond motifs is 1. The van der Waals surface area contributed by atoms with Gasteiger partial charge in [0.2, 0.25) is 0 Å². The molecule has 0 aliphatic rings. The maximum Gasteiger partial charge on any atom is 0.131 e. The molecule has 106 valence electrons. The van der Waals surface area contributed by atoms with Gasteiger partial charge in [-0.25, -0.2) is 9.97 Å². The highest BCUT2D eigenvalue weighted by molar-refractivity contribution is 5.95.